The molecular weight excluding hydrogens is 398 g/mol. The molecule has 0 radical (unpaired) electrons. The van der Waals surface area contributed by atoms with Crippen molar-refractivity contribution >= 4 is 5.91 Å². The van der Waals surface area contributed by atoms with Gasteiger partial charge < -0.3 is 9.64 Å². The highest BCUT2D eigenvalue weighted by atomic mass is 16.5. The molecule has 0 aliphatic carbocycles. The average molecular weight is 424 g/mol. The van der Waals surface area contributed by atoms with Gasteiger partial charge in [-0.15, -0.1) is 0 Å². The number of amides is 1. The second-order valence-corrected chi connectivity index (χ2v) is 7.55. The molecule has 4 rings (SSSR count). The summed E-state index contributed by atoms with van der Waals surface area (Å²) in [7, 11) is 1.63. The van der Waals surface area contributed by atoms with E-state index in [-0.39, 0.29) is 5.91 Å². The number of aryl methyl sites for hydroxylation is 1. The van der Waals surface area contributed by atoms with E-state index >= 15 is 0 Å². The minimum absolute atomic E-state index is 0.0866. The van der Waals surface area contributed by atoms with Crippen LogP contribution < -0.4 is 4.74 Å². The molecule has 0 unspecified atom stereocenters. The van der Waals surface area contributed by atoms with Gasteiger partial charge in [-0.1, -0.05) is 60.7 Å². The maximum Gasteiger partial charge on any atom is 0.257 e. The molecule has 1 amide bonds. The second kappa shape index (κ2) is 9.88. The van der Waals surface area contributed by atoms with Gasteiger partial charge in [0.1, 0.15) is 5.75 Å². The van der Waals surface area contributed by atoms with Crippen LogP contribution in [0.5, 0.6) is 5.75 Å². The van der Waals surface area contributed by atoms with Gasteiger partial charge in [-0.05, 0) is 42.3 Å². The van der Waals surface area contributed by atoms with Gasteiger partial charge in [0, 0.05) is 24.8 Å². The first kappa shape index (κ1) is 21.2. The zero-order valence-electron chi connectivity index (χ0n) is 18.2. The van der Waals surface area contributed by atoms with Gasteiger partial charge in [-0.25, -0.2) is 9.97 Å². The molecule has 160 valence electrons. The van der Waals surface area contributed by atoms with Crippen LogP contribution in [0.3, 0.4) is 0 Å². The summed E-state index contributed by atoms with van der Waals surface area (Å²) in [4.78, 5) is 24.5. The van der Waals surface area contributed by atoms with Crippen LogP contribution in [0.4, 0.5) is 0 Å². The van der Waals surface area contributed by atoms with E-state index in [1.165, 1.54) is 0 Å². The lowest BCUT2D eigenvalue weighted by Crippen LogP contribution is -2.31. The van der Waals surface area contributed by atoms with Crippen LogP contribution in [0.15, 0.2) is 91.1 Å². The molecular formula is C27H25N3O2. The van der Waals surface area contributed by atoms with Gasteiger partial charge in [0.2, 0.25) is 0 Å². The van der Waals surface area contributed by atoms with Gasteiger partial charge in [0.05, 0.1) is 18.4 Å². The minimum Gasteiger partial charge on any atom is -0.497 e. The van der Waals surface area contributed by atoms with Crippen molar-refractivity contribution in [3.63, 3.8) is 0 Å². The number of rotatable bonds is 7. The SMILES string of the molecule is COc1ccc(-c2ncc(C(=O)N(Cc3ccccc3)Cc3ccccc3)c(C)n2)cc1. The molecule has 0 spiro atoms. The Morgan fingerprint density at radius 2 is 1.41 bits per heavy atom. The number of carbonyl (C=O) groups is 1. The molecule has 1 aromatic heterocycles. The number of hydrogen-bond acceptors (Lipinski definition) is 4. The topological polar surface area (TPSA) is 55.3 Å². The van der Waals surface area contributed by atoms with Crippen LogP contribution in [0.2, 0.25) is 0 Å². The van der Waals surface area contributed by atoms with Crippen molar-refractivity contribution in [2.45, 2.75) is 20.0 Å². The Kier molecular flexibility index (Phi) is 6.56. The Labute approximate surface area is 188 Å². The van der Waals surface area contributed by atoms with E-state index in [2.05, 4.69) is 9.97 Å². The number of nitrogens with zero attached hydrogens (tertiary/aromatic N) is 3. The lowest BCUT2D eigenvalue weighted by Gasteiger charge is -2.24. The molecule has 0 aliphatic heterocycles. The zero-order chi connectivity index (χ0) is 22.3. The lowest BCUT2D eigenvalue weighted by molar-refractivity contribution is 0.0728. The zero-order valence-corrected chi connectivity index (χ0v) is 18.2. The van der Waals surface area contributed by atoms with Crippen molar-refractivity contribution in [3.8, 4) is 17.1 Å². The number of carbonyl (C=O) groups excluding carboxylic acids is 1. The van der Waals surface area contributed by atoms with E-state index in [9.17, 15) is 4.79 Å². The molecule has 5 heteroatoms. The molecule has 1 heterocycles. The Morgan fingerprint density at radius 1 is 0.844 bits per heavy atom. The first-order chi connectivity index (χ1) is 15.6. The fourth-order valence-electron chi connectivity index (χ4n) is 3.53. The van der Waals surface area contributed by atoms with Crippen LogP contribution in [0.25, 0.3) is 11.4 Å². The Hall–Kier alpha value is -3.99. The molecule has 3 aromatic carbocycles. The van der Waals surface area contributed by atoms with Gasteiger partial charge >= 0.3 is 0 Å². The van der Waals surface area contributed by atoms with Crippen LogP contribution in [0.1, 0.15) is 27.2 Å². The van der Waals surface area contributed by atoms with E-state index in [0.29, 0.717) is 30.2 Å². The molecule has 0 saturated heterocycles. The summed E-state index contributed by atoms with van der Waals surface area (Å²) < 4.78 is 5.21. The molecule has 0 fully saturated rings. The highest BCUT2D eigenvalue weighted by molar-refractivity contribution is 5.95. The summed E-state index contributed by atoms with van der Waals surface area (Å²) in [6.45, 7) is 2.87. The van der Waals surface area contributed by atoms with Gasteiger partial charge in [0.25, 0.3) is 5.91 Å². The Morgan fingerprint density at radius 3 is 1.91 bits per heavy atom. The van der Waals surface area contributed by atoms with E-state index < -0.39 is 0 Å². The number of methoxy groups -OCH3 is 1. The van der Waals surface area contributed by atoms with Crippen molar-refractivity contribution in [1.82, 2.24) is 14.9 Å². The van der Waals surface area contributed by atoms with Crippen LogP contribution in [-0.4, -0.2) is 27.9 Å². The van der Waals surface area contributed by atoms with Gasteiger partial charge in [0.15, 0.2) is 5.82 Å². The van der Waals surface area contributed by atoms with Crippen molar-refractivity contribution in [2.24, 2.45) is 0 Å². The fraction of sp³-hybridized carbons (Fsp3) is 0.148. The molecule has 32 heavy (non-hydrogen) atoms. The largest absolute Gasteiger partial charge is 0.497 e. The number of benzene rings is 3. The maximum atomic E-state index is 13.5. The highest BCUT2D eigenvalue weighted by Gasteiger charge is 2.20. The summed E-state index contributed by atoms with van der Waals surface area (Å²) in [6.07, 6.45) is 1.63. The molecule has 5 nitrogen and oxygen atoms in total. The second-order valence-electron chi connectivity index (χ2n) is 7.55. The highest BCUT2D eigenvalue weighted by Crippen LogP contribution is 2.21. The third-order valence-electron chi connectivity index (χ3n) is 5.28. The van der Waals surface area contributed by atoms with Crippen LogP contribution in [-0.2, 0) is 13.1 Å². The predicted octanol–water partition coefficient (Wildman–Crippen LogP) is 5.30. The van der Waals surface area contributed by atoms with E-state index in [1.54, 1.807) is 13.3 Å². The number of hydrogen-bond donors (Lipinski definition) is 0. The van der Waals surface area contributed by atoms with E-state index in [4.69, 9.17) is 4.74 Å². The van der Waals surface area contributed by atoms with E-state index in [0.717, 1.165) is 22.4 Å². The molecule has 4 aromatic rings. The first-order valence-corrected chi connectivity index (χ1v) is 10.5. The number of aromatic nitrogens is 2. The van der Waals surface area contributed by atoms with Crippen molar-refractivity contribution in [1.29, 1.82) is 0 Å². The van der Waals surface area contributed by atoms with Crippen molar-refractivity contribution in [2.75, 3.05) is 7.11 Å². The lowest BCUT2D eigenvalue weighted by atomic mass is 10.1. The summed E-state index contributed by atoms with van der Waals surface area (Å²) in [5, 5.41) is 0. The van der Waals surface area contributed by atoms with Gasteiger partial charge in [-0.2, -0.15) is 0 Å². The first-order valence-electron chi connectivity index (χ1n) is 10.5. The summed E-state index contributed by atoms with van der Waals surface area (Å²) in [5.74, 6) is 1.27. The standard InChI is InChI=1S/C27H25N3O2/c1-20-25(17-28-26(29-20)23-13-15-24(32-2)16-14-23)27(31)30(18-21-9-5-3-6-10-21)19-22-11-7-4-8-12-22/h3-17H,18-19H2,1-2H3. The van der Waals surface area contributed by atoms with E-state index in [1.807, 2.05) is 96.8 Å². The predicted molar refractivity (Wildman–Crippen MR) is 125 cm³/mol. The molecule has 0 N–H and O–H groups in total. The summed E-state index contributed by atoms with van der Waals surface area (Å²) in [6, 6.07) is 27.6. The third-order valence-corrected chi connectivity index (χ3v) is 5.28. The fourth-order valence-corrected chi connectivity index (χ4v) is 3.53. The smallest absolute Gasteiger partial charge is 0.257 e. The monoisotopic (exact) mass is 423 g/mol. The summed E-state index contributed by atoms with van der Waals surface area (Å²) in [5.41, 5.74) is 4.19. The van der Waals surface area contributed by atoms with Crippen LogP contribution in [0, 0.1) is 6.92 Å². The van der Waals surface area contributed by atoms with Crippen LogP contribution >= 0.6 is 0 Å². The quantitative estimate of drug-likeness (QED) is 0.405. The van der Waals surface area contributed by atoms with Gasteiger partial charge in [-0.3, -0.25) is 4.79 Å². The normalized spacial score (nSPS) is 10.6. The third kappa shape index (κ3) is 5.01. The number of ether oxygens (including phenoxy) is 1. The Balaban J connectivity index is 1.61. The molecule has 0 atom stereocenters. The average Bonchev–Trinajstić information content (AvgIpc) is 2.84. The Bertz CT molecular complexity index is 1140. The molecule has 0 bridgehead atoms. The minimum atomic E-state index is -0.0866. The molecule has 0 saturated carbocycles. The maximum absolute atomic E-state index is 13.5. The van der Waals surface area contributed by atoms with Crippen molar-refractivity contribution < 1.29 is 9.53 Å². The molecule has 0 aliphatic rings. The van der Waals surface area contributed by atoms with Crippen molar-refractivity contribution in [3.05, 3.63) is 114 Å². The summed E-state index contributed by atoms with van der Waals surface area (Å²) >= 11 is 0.